The van der Waals surface area contributed by atoms with Crippen LogP contribution in [-0.4, -0.2) is 17.4 Å². The summed E-state index contributed by atoms with van der Waals surface area (Å²) in [7, 11) is 0. The molecule has 1 aromatic heterocycles. The summed E-state index contributed by atoms with van der Waals surface area (Å²) in [5.41, 5.74) is 4.97. The first-order chi connectivity index (χ1) is 10.8. The minimum atomic E-state index is 0.280. The highest BCUT2D eigenvalue weighted by atomic mass is 35.5. The van der Waals surface area contributed by atoms with Crippen LogP contribution in [0.3, 0.4) is 0 Å². The van der Waals surface area contributed by atoms with E-state index in [9.17, 15) is 0 Å². The van der Waals surface area contributed by atoms with E-state index in [0.29, 0.717) is 11.8 Å². The molecule has 1 aliphatic heterocycles. The second-order valence-corrected chi connectivity index (χ2v) is 6.52. The number of aromatic nitrogens is 1. The predicted octanol–water partition coefficient (Wildman–Crippen LogP) is 3.81. The normalized spacial score (nSPS) is 21.0. The van der Waals surface area contributed by atoms with Gasteiger partial charge >= 0.3 is 0 Å². The molecular weight excluding hydrogens is 315 g/mol. The van der Waals surface area contributed by atoms with Gasteiger partial charge in [-0.1, -0.05) is 48.0 Å². The molecule has 0 bridgehead atoms. The lowest BCUT2D eigenvalue weighted by molar-refractivity contribution is -0.697. The van der Waals surface area contributed by atoms with E-state index in [1.807, 2.05) is 12.1 Å². The fourth-order valence-corrected chi connectivity index (χ4v) is 4.12. The van der Waals surface area contributed by atoms with Crippen molar-refractivity contribution in [1.29, 1.82) is 0 Å². The largest absolute Gasteiger partial charge is 0.353 e. The number of halogens is 2. The van der Waals surface area contributed by atoms with Gasteiger partial charge in [-0.3, -0.25) is 0 Å². The maximum absolute atomic E-state index is 6.46. The number of para-hydroxylation sites is 1. The number of hydrogen-bond acceptors (Lipinski definition) is 0. The van der Waals surface area contributed by atoms with E-state index >= 15 is 0 Å². The molecule has 0 amide bonds. The van der Waals surface area contributed by atoms with Gasteiger partial charge in [0.1, 0.15) is 6.04 Å². The molecule has 1 aliphatic rings. The first-order valence-electron chi connectivity index (χ1n) is 7.54. The Balaban J connectivity index is 1.96. The standard InChI is InChI=1S/C18H16Cl2N2/c19-9-16-18-17(12-6-2-4-8-15(12)22-18)13(10-21-16)11-5-1-3-7-14(11)20/h1-8,13,16,21-22H,9-10H2/p+1/t13-,16-/m1/s1. The number of aromatic amines is 1. The average Bonchev–Trinajstić information content (AvgIpc) is 2.94. The highest BCUT2D eigenvalue weighted by molar-refractivity contribution is 6.31. The molecule has 0 saturated carbocycles. The molecule has 112 valence electrons. The molecule has 0 unspecified atom stereocenters. The highest BCUT2D eigenvalue weighted by Gasteiger charge is 2.34. The second-order valence-electron chi connectivity index (χ2n) is 5.80. The molecule has 0 fully saturated rings. The van der Waals surface area contributed by atoms with Gasteiger partial charge in [0.15, 0.2) is 0 Å². The van der Waals surface area contributed by atoms with E-state index in [-0.39, 0.29) is 6.04 Å². The third-order valence-electron chi connectivity index (χ3n) is 4.60. The maximum Gasteiger partial charge on any atom is 0.140 e. The molecule has 0 radical (unpaired) electrons. The Morgan fingerprint density at radius 2 is 1.86 bits per heavy atom. The topological polar surface area (TPSA) is 32.4 Å². The van der Waals surface area contributed by atoms with Gasteiger partial charge in [-0.15, -0.1) is 11.6 Å². The zero-order valence-electron chi connectivity index (χ0n) is 12.0. The lowest BCUT2D eigenvalue weighted by Crippen LogP contribution is -2.88. The molecule has 2 atom stereocenters. The second kappa shape index (κ2) is 5.62. The lowest BCUT2D eigenvalue weighted by Gasteiger charge is -2.27. The number of benzene rings is 2. The van der Waals surface area contributed by atoms with Crippen molar-refractivity contribution in [2.45, 2.75) is 12.0 Å². The third kappa shape index (κ3) is 2.14. The first kappa shape index (κ1) is 14.1. The lowest BCUT2D eigenvalue weighted by atomic mass is 9.85. The molecular formula is C18H17Cl2N2+. The highest BCUT2D eigenvalue weighted by Crippen LogP contribution is 2.39. The van der Waals surface area contributed by atoms with Crippen LogP contribution in [0.2, 0.25) is 5.02 Å². The number of fused-ring (bicyclic) bond motifs is 3. The summed E-state index contributed by atoms with van der Waals surface area (Å²) in [4.78, 5) is 3.58. The summed E-state index contributed by atoms with van der Waals surface area (Å²) in [6, 6.07) is 16.9. The van der Waals surface area contributed by atoms with E-state index in [4.69, 9.17) is 23.2 Å². The number of nitrogens with two attached hydrogens (primary N) is 1. The molecule has 0 spiro atoms. The van der Waals surface area contributed by atoms with Crippen molar-refractivity contribution >= 4 is 34.1 Å². The number of rotatable bonds is 2. The number of quaternary nitrogens is 1. The Bertz CT molecular complexity index is 825. The van der Waals surface area contributed by atoms with Crippen molar-refractivity contribution in [3.8, 4) is 0 Å². The van der Waals surface area contributed by atoms with Gasteiger partial charge in [0.25, 0.3) is 0 Å². The van der Waals surface area contributed by atoms with Crippen LogP contribution in [0.4, 0.5) is 0 Å². The van der Waals surface area contributed by atoms with Crippen LogP contribution < -0.4 is 5.32 Å². The summed E-state index contributed by atoms with van der Waals surface area (Å²) >= 11 is 12.6. The van der Waals surface area contributed by atoms with Crippen LogP contribution in [0.15, 0.2) is 48.5 Å². The zero-order valence-corrected chi connectivity index (χ0v) is 13.5. The van der Waals surface area contributed by atoms with Crippen molar-refractivity contribution in [2.75, 3.05) is 12.4 Å². The Kier molecular flexibility index (Phi) is 3.61. The SMILES string of the molecule is ClC[C@H]1[NH2+]C[C@H](c2ccccc2Cl)c2c1[nH]c1ccccc21. The van der Waals surface area contributed by atoms with Gasteiger partial charge in [0.05, 0.1) is 24.0 Å². The number of H-pyrrole nitrogens is 1. The summed E-state index contributed by atoms with van der Waals surface area (Å²) in [5.74, 6) is 0.897. The third-order valence-corrected chi connectivity index (χ3v) is 5.28. The fraction of sp³-hybridized carbons (Fsp3) is 0.222. The maximum atomic E-state index is 6.46. The van der Waals surface area contributed by atoms with Gasteiger partial charge in [-0.2, -0.15) is 0 Å². The van der Waals surface area contributed by atoms with E-state index in [1.54, 1.807) is 0 Å². The summed E-state index contributed by atoms with van der Waals surface area (Å²) < 4.78 is 0. The summed E-state index contributed by atoms with van der Waals surface area (Å²) in [6.07, 6.45) is 0. The Morgan fingerprint density at radius 3 is 2.68 bits per heavy atom. The fourth-order valence-electron chi connectivity index (χ4n) is 3.57. The number of hydrogen-bond donors (Lipinski definition) is 2. The van der Waals surface area contributed by atoms with Crippen LogP contribution in [0.25, 0.3) is 10.9 Å². The molecule has 2 aromatic carbocycles. The predicted molar refractivity (Wildman–Crippen MR) is 91.8 cm³/mol. The molecule has 4 heteroatoms. The molecule has 3 aromatic rings. The van der Waals surface area contributed by atoms with E-state index < -0.39 is 0 Å². The van der Waals surface area contributed by atoms with Crippen molar-refractivity contribution in [3.63, 3.8) is 0 Å². The molecule has 2 nitrogen and oxygen atoms in total. The zero-order chi connectivity index (χ0) is 15.1. The molecule has 0 aliphatic carbocycles. The average molecular weight is 332 g/mol. The van der Waals surface area contributed by atoms with Crippen molar-refractivity contribution in [2.24, 2.45) is 0 Å². The van der Waals surface area contributed by atoms with Crippen LogP contribution in [-0.2, 0) is 0 Å². The molecule has 2 heterocycles. The Labute approximate surface area is 139 Å². The van der Waals surface area contributed by atoms with Crippen LogP contribution in [0, 0.1) is 0 Å². The summed E-state index contributed by atoms with van der Waals surface area (Å²) in [5, 5.41) is 4.44. The van der Waals surface area contributed by atoms with E-state index in [2.05, 4.69) is 46.7 Å². The molecule has 0 saturated heterocycles. The number of alkyl halides is 1. The van der Waals surface area contributed by atoms with Crippen molar-refractivity contribution < 1.29 is 5.32 Å². The first-order valence-corrected chi connectivity index (χ1v) is 8.45. The molecule has 4 rings (SSSR count). The van der Waals surface area contributed by atoms with Crippen molar-refractivity contribution in [3.05, 3.63) is 70.4 Å². The Hall–Kier alpha value is -1.48. The van der Waals surface area contributed by atoms with Gasteiger partial charge in [-0.25, -0.2) is 0 Å². The van der Waals surface area contributed by atoms with Gasteiger partial charge in [-0.05, 0) is 17.7 Å². The van der Waals surface area contributed by atoms with Crippen LogP contribution >= 0.6 is 23.2 Å². The van der Waals surface area contributed by atoms with Gasteiger partial charge < -0.3 is 10.3 Å². The Morgan fingerprint density at radius 1 is 1.09 bits per heavy atom. The monoisotopic (exact) mass is 331 g/mol. The minimum absolute atomic E-state index is 0.280. The van der Waals surface area contributed by atoms with Gasteiger partial charge in [0, 0.05) is 21.5 Å². The van der Waals surface area contributed by atoms with Crippen molar-refractivity contribution in [1.82, 2.24) is 4.98 Å². The van der Waals surface area contributed by atoms with E-state index in [1.165, 1.54) is 27.7 Å². The smallest absolute Gasteiger partial charge is 0.140 e. The molecule has 3 N–H and O–H groups in total. The number of nitrogens with one attached hydrogen (secondary N) is 1. The van der Waals surface area contributed by atoms with E-state index in [0.717, 1.165) is 11.6 Å². The van der Waals surface area contributed by atoms with Crippen LogP contribution in [0.1, 0.15) is 28.8 Å². The summed E-state index contributed by atoms with van der Waals surface area (Å²) in [6.45, 7) is 0.968. The minimum Gasteiger partial charge on any atom is -0.353 e. The molecule has 22 heavy (non-hydrogen) atoms. The quantitative estimate of drug-likeness (QED) is 0.669. The van der Waals surface area contributed by atoms with Crippen LogP contribution in [0.5, 0.6) is 0 Å². The van der Waals surface area contributed by atoms with Gasteiger partial charge in [0.2, 0.25) is 0 Å².